The number of benzene rings is 3. The molecule has 7 heteroatoms. The second-order valence-electron chi connectivity index (χ2n) is 8.95. The van der Waals surface area contributed by atoms with Crippen LogP contribution in [0.15, 0.2) is 72.8 Å². The summed E-state index contributed by atoms with van der Waals surface area (Å²) in [5, 5.41) is 15.0. The fraction of sp³-hybridized carbons (Fsp3) is 0.250. The molecule has 178 valence electrons. The molecule has 0 aromatic heterocycles. The maximum atomic E-state index is 12.9. The summed E-state index contributed by atoms with van der Waals surface area (Å²) < 4.78 is 5.64. The number of nitrogens with one attached hydrogen (secondary N) is 2. The number of alkyl carbamates (subject to hydrolysis) is 1. The molecule has 35 heavy (non-hydrogen) atoms. The smallest absolute Gasteiger partial charge is 0.407 e. The van der Waals surface area contributed by atoms with Gasteiger partial charge < -0.3 is 20.5 Å². The first-order valence-electron chi connectivity index (χ1n) is 11.8. The first kappa shape index (κ1) is 22.7. The van der Waals surface area contributed by atoms with Gasteiger partial charge in [-0.15, -0.1) is 0 Å². The Hall–Kier alpha value is -4.13. The van der Waals surface area contributed by atoms with Gasteiger partial charge in [-0.2, -0.15) is 0 Å². The molecule has 1 fully saturated rings. The van der Waals surface area contributed by atoms with Gasteiger partial charge in [0.05, 0.1) is 17.2 Å². The summed E-state index contributed by atoms with van der Waals surface area (Å²) >= 11 is 0. The standard InChI is InChI=1S/C28H26N2O5/c31-26(29-25-14-6-5-12-22(25)27(32)33)21-13-7-15-24(21)30-28(34)35-16-23-19-10-3-1-8-17(19)18-9-2-4-11-20(18)23/h1-6,8-12,14,21,23-24H,7,13,15-16H2,(H,29,31)(H,30,34)(H,32,33). The Balaban J connectivity index is 1.22. The minimum atomic E-state index is -1.11. The number of ether oxygens (including phenoxy) is 1. The number of anilines is 1. The third kappa shape index (κ3) is 4.49. The molecule has 7 nitrogen and oxygen atoms in total. The van der Waals surface area contributed by atoms with Crippen molar-refractivity contribution in [3.05, 3.63) is 89.5 Å². The molecule has 0 radical (unpaired) electrons. The van der Waals surface area contributed by atoms with E-state index in [2.05, 4.69) is 34.9 Å². The highest BCUT2D eigenvalue weighted by atomic mass is 16.5. The number of carbonyl (C=O) groups excluding carboxylic acids is 2. The van der Waals surface area contributed by atoms with E-state index in [0.717, 1.165) is 28.7 Å². The molecular weight excluding hydrogens is 444 g/mol. The molecule has 3 aromatic carbocycles. The molecule has 0 saturated heterocycles. The Labute approximate surface area is 203 Å². The number of carboxylic acids is 1. The third-order valence-electron chi connectivity index (χ3n) is 6.91. The van der Waals surface area contributed by atoms with Gasteiger partial charge in [0.2, 0.25) is 5.91 Å². The largest absolute Gasteiger partial charge is 0.478 e. The Morgan fingerprint density at radius 2 is 1.49 bits per heavy atom. The van der Waals surface area contributed by atoms with E-state index in [4.69, 9.17) is 4.74 Å². The predicted molar refractivity (Wildman–Crippen MR) is 131 cm³/mol. The first-order chi connectivity index (χ1) is 17.0. The lowest BCUT2D eigenvalue weighted by Gasteiger charge is -2.21. The highest BCUT2D eigenvalue weighted by Gasteiger charge is 2.35. The molecule has 5 rings (SSSR count). The molecule has 2 atom stereocenters. The second-order valence-corrected chi connectivity index (χ2v) is 8.95. The number of aromatic carboxylic acids is 1. The van der Waals surface area contributed by atoms with Crippen LogP contribution in [0, 0.1) is 5.92 Å². The summed E-state index contributed by atoms with van der Waals surface area (Å²) in [5.41, 5.74) is 4.86. The van der Waals surface area contributed by atoms with Gasteiger partial charge in [0, 0.05) is 12.0 Å². The van der Waals surface area contributed by atoms with Gasteiger partial charge in [-0.25, -0.2) is 9.59 Å². The summed E-state index contributed by atoms with van der Waals surface area (Å²) in [6.07, 6.45) is 1.49. The maximum absolute atomic E-state index is 12.9. The number of fused-ring (bicyclic) bond motifs is 3. The molecule has 2 aliphatic rings. The second kappa shape index (κ2) is 9.62. The van der Waals surface area contributed by atoms with E-state index in [1.807, 2.05) is 24.3 Å². The third-order valence-corrected chi connectivity index (χ3v) is 6.91. The highest BCUT2D eigenvalue weighted by Crippen LogP contribution is 2.44. The van der Waals surface area contributed by atoms with Gasteiger partial charge in [0.15, 0.2) is 0 Å². The normalized spacial score (nSPS) is 18.4. The Bertz CT molecular complexity index is 1240. The average Bonchev–Trinajstić information content (AvgIpc) is 3.45. The van der Waals surface area contributed by atoms with Crippen molar-refractivity contribution in [2.24, 2.45) is 5.92 Å². The number of amides is 2. The van der Waals surface area contributed by atoms with Crippen molar-refractivity contribution < 1.29 is 24.2 Å². The fourth-order valence-electron chi connectivity index (χ4n) is 5.24. The van der Waals surface area contributed by atoms with E-state index < -0.39 is 18.0 Å². The molecule has 1 saturated carbocycles. The molecule has 0 heterocycles. The Morgan fingerprint density at radius 3 is 2.17 bits per heavy atom. The van der Waals surface area contributed by atoms with Crippen molar-refractivity contribution in [3.63, 3.8) is 0 Å². The fourth-order valence-corrected chi connectivity index (χ4v) is 5.24. The SMILES string of the molecule is O=C(NC1CCCC1C(=O)Nc1ccccc1C(=O)O)OCC1c2ccccc2-c2ccccc21. The van der Waals surface area contributed by atoms with E-state index in [-0.39, 0.29) is 35.7 Å². The number of carbonyl (C=O) groups is 3. The number of para-hydroxylation sites is 1. The molecule has 0 aliphatic heterocycles. The minimum Gasteiger partial charge on any atom is -0.478 e. The molecule has 3 aromatic rings. The summed E-state index contributed by atoms with van der Waals surface area (Å²) in [6.45, 7) is 0.204. The van der Waals surface area contributed by atoms with Crippen LogP contribution in [0.5, 0.6) is 0 Å². The van der Waals surface area contributed by atoms with E-state index in [9.17, 15) is 19.5 Å². The van der Waals surface area contributed by atoms with Crippen LogP contribution in [0.2, 0.25) is 0 Å². The average molecular weight is 471 g/mol. The zero-order valence-electron chi connectivity index (χ0n) is 19.1. The van der Waals surface area contributed by atoms with Crippen molar-refractivity contribution in [2.75, 3.05) is 11.9 Å². The lowest BCUT2D eigenvalue weighted by molar-refractivity contribution is -0.120. The van der Waals surface area contributed by atoms with Crippen LogP contribution in [-0.2, 0) is 9.53 Å². The van der Waals surface area contributed by atoms with Crippen LogP contribution in [0.4, 0.5) is 10.5 Å². The first-order valence-corrected chi connectivity index (χ1v) is 11.8. The molecule has 2 amide bonds. The van der Waals surface area contributed by atoms with Crippen LogP contribution < -0.4 is 10.6 Å². The van der Waals surface area contributed by atoms with Crippen LogP contribution in [0.25, 0.3) is 11.1 Å². The lowest BCUT2D eigenvalue weighted by Crippen LogP contribution is -2.42. The van der Waals surface area contributed by atoms with Gasteiger partial charge in [-0.1, -0.05) is 67.1 Å². The molecular formula is C28H26N2O5. The Morgan fingerprint density at radius 1 is 0.857 bits per heavy atom. The number of carboxylic acid groups (broad SMARTS) is 1. The zero-order chi connectivity index (χ0) is 24.4. The highest BCUT2D eigenvalue weighted by molar-refractivity contribution is 6.01. The van der Waals surface area contributed by atoms with Crippen LogP contribution in [-0.4, -0.2) is 35.7 Å². The Kier molecular flexibility index (Phi) is 6.23. The van der Waals surface area contributed by atoms with Gasteiger partial charge in [0.1, 0.15) is 6.61 Å². The van der Waals surface area contributed by atoms with Gasteiger partial charge >= 0.3 is 12.1 Å². The van der Waals surface area contributed by atoms with Crippen molar-refractivity contribution in [3.8, 4) is 11.1 Å². The van der Waals surface area contributed by atoms with Crippen LogP contribution >= 0.6 is 0 Å². The summed E-state index contributed by atoms with van der Waals surface area (Å²) in [6, 6.07) is 22.2. The molecule has 0 spiro atoms. The van der Waals surface area contributed by atoms with Crippen molar-refractivity contribution >= 4 is 23.7 Å². The maximum Gasteiger partial charge on any atom is 0.407 e. The summed E-state index contributed by atoms with van der Waals surface area (Å²) in [4.78, 5) is 37.1. The van der Waals surface area contributed by atoms with Crippen molar-refractivity contribution in [2.45, 2.75) is 31.2 Å². The van der Waals surface area contributed by atoms with Crippen LogP contribution in [0.3, 0.4) is 0 Å². The summed E-state index contributed by atoms with van der Waals surface area (Å²) in [7, 11) is 0. The van der Waals surface area contributed by atoms with Gasteiger partial charge in [-0.05, 0) is 47.2 Å². The van der Waals surface area contributed by atoms with Crippen molar-refractivity contribution in [1.82, 2.24) is 5.32 Å². The van der Waals surface area contributed by atoms with Crippen molar-refractivity contribution in [1.29, 1.82) is 0 Å². The van der Waals surface area contributed by atoms with E-state index in [1.165, 1.54) is 6.07 Å². The number of hydrogen-bond donors (Lipinski definition) is 3. The molecule has 2 aliphatic carbocycles. The number of hydrogen-bond acceptors (Lipinski definition) is 4. The number of rotatable bonds is 6. The summed E-state index contributed by atoms with van der Waals surface area (Å²) in [5.74, 6) is -1.92. The predicted octanol–water partition coefficient (Wildman–Crippen LogP) is 5.03. The van der Waals surface area contributed by atoms with E-state index in [1.54, 1.807) is 18.2 Å². The monoisotopic (exact) mass is 470 g/mol. The topological polar surface area (TPSA) is 105 Å². The zero-order valence-corrected chi connectivity index (χ0v) is 19.1. The quantitative estimate of drug-likeness (QED) is 0.469. The van der Waals surface area contributed by atoms with Gasteiger partial charge in [-0.3, -0.25) is 4.79 Å². The lowest BCUT2D eigenvalue weighted by atomic mass is 9.98. The van der Waals surface area contributed by atoms with Crippen LogP contribution in [0.1, 0.15) is 46.7 Å². The molecule has 2 unspecified atom stereocenters. The van der Waals surface area contributed by atoms with E-state index in [0.29, 0.717) is 12.8 Å². The van der Waals surface area contributed by atoms with E-state index >= 15 is 0 Å². The van der Waals surface area contributed by atoms with Gasteiger partial charge in [0.25, 0.3) is 0 Å². The minimum absolute atomic E-state index is 0.0277. The molecule has 3 N–H and O–H groups in total. The molecule has 0 bridgehead atoms.